The van der Waals surface area contributed by atoms with Gasteiger partial charge < -0.3 is 0 Å². The molecule has 7 heavy (non-hydrogen) atoms. The van der Waals surface area contributed by atoms with Gasteiger partial charge in [-0.25, -0.2) is 0 Å². The first-order chi connectivity index (χ1) is 0. The van der Waals surface area contributed by atoms with Gasteiger partial charge in [-0.1, -0.05) is 0 Å². The van der Waals surface area contributed by atoms with Crippen molar-refractivity contribution in [2.45, 2.75) is 0 Å². The first kappa shape index (κ1) is 749. The molecule has 0 fully saturated rings. The molecule has 0 amide bonds. The Morgan fingerprint density at radius 2 is 0.286 bits per heavy atom. The summed E-state index contributed by atoms with van der Waals surface area (Å²) in [6.45, 7) is 0. The molecule has 0 N–H and O–H groups in total. The van der Waals surface area contributed by atoms with E-state index in [4.69, 9.17) is 0 Å². The van der Waals surface area contributed by atoms with E-state index in [1.165, 1.54) is 0 Å². The first-order valence-electron chi connectivity index (χ1n) is 0. The maximum Gasteiger partial charge on any atom is 0 e. The van der Waals surface area contributed by atoms with Crippen LogP contribution in [0.2, 0.25) is 0 Å². The summed E-state index contributed by atoms with van der Waals surface area (Å²) in [5, 5.41) is 0. The van der Waals surface area contributed by atoms with Gasteiger partial charge in [-0.05, 0) is 0 Å². The molecule has 0 spiro atoms. The maximum atomic E-state index is 0. The second-order valence-corrected chi connectivity index (χ2v) is 0. The molecule has 0 aliphatic rings. The van der Waals surface area contributed by atoms with Crippen molar-refractivity contribution < 1.29 is 34.4 Å². The second-order valence-electron chi connectivity index (χ2n) is 0. The van der Waals surface area contributed by atoms with Crippen LogP contribution in [0.25, 0.3) is 0 Å². The number of hydrogen-bond donors (Lipinski definition) is 0. The molecule has 0 aromatic heterocycles. The Balaban J connectivity index is 0. The third kappa shape index (κ3) is 256. The molecule has 0 saturated heterocycles. The molecule has 0 bridgehead atoms. The van der Waals surface area contributed by atoms with Crippen LogP contribution in [0.1, 0.15) is 0 Å². The van der Waals surface area contributed by atoms with Crippen LogP contribution in [0.3, 0.4) is 0 Å². The van der Waals surface area contributed by atoms with Crippen molar-refractivity contribution in [2.24, 2.45) is 0 Å². The van der Waals surface area contributed by atoms with E-state index in [1.807, 2.05) is 0 Å². The Morgan fingerprint density at radius 3 is 0.286 bits per heavy atom. The molecule has 56 valence electrons. The van der Waals surface area contributed by atoms with Crippen LogP contribution in [0.4, 0.5) is 28.2 Å². The van der Waals surface area contributed by atoms with Gasteiger partial charge in [0.2, 0.25) is 0 Å². The van der Waals surface area contributed by atoms with Crippen LogP contribution in [-0.2, 0) is 0 Å². The molecule has 0 aliphatic carbocycles. The molecule has 0 aliphatic heterocycles. The van der Waals surface area contributed by atoms with Crippen LogP contribution in [0.15, 0.2) is 0 Å². The molecular formula is H6F6Ne. The Kier molecular flexibility index (Phi) is 45300. The first-order valence-corrected chi connectivity index (χ1v) is 0. The van der Waals surface area contributed by atoms with Crippen molar-refractivity contribution in [3.8, 4) is 0 Å². The zero-order valence-corrected chi connectivity index (χ0v) is 2.80. The van der Waals surface area contributed by atoms with Crippen molar-refractivity contribution in [1.29, 1.82) is 0 Å². The van der Waals surface area contributed by atoms with Gasteiger partial charge in [-0.15, -0.1) is 0 Å². The van der Waals surface area contributed by atoms with Gasteiger partial charge in [0, 0.05) is 6.15 Å². The fraction of sp³-hybridized carbons (Fsp3) is 0. The quantitative estimate of drug-likeness (QED) is 0.439. The molecule has 0 aromatic rings. The Labute approximate surface area is 35.9 Å². The Bertz CT molecular complexity index is 4.14. The third-order valence-electron chi connectivity index (χ3n) is 0. The number of halogens is 6. The zero-order chi connectivity index (χ0) is 0. The molecule has 0 atom stereocenters. The minimum absolute atomic E-state index is 0. The summed E-state index contributed by atoms with van der Waals surface area (Å²) in [7, 11) is 0. The minimum atomic E-state index is 0. The van der Waals surface area contributed by atoms with Crippen LogP contribution >= 0.6 is 0 Å². The largest absolute Gasteiger partial charge is 0.269 e. The summed E-state index contributed by atoms with van der Waals surface area (Å²) >= 11 is 0. The van der Waals surface area contributed by atoms with Crippen LogP contribution in [-0.4, -0.2) is 0 Å². The van der Waals surface area contributed by atoms with E-state index in [0.29, 0.717) is 0 Å². The molecule has 0 rings (SSSR count). The monoisotopic (exact) mass is 140 g/mol. The van der Waals surface area contributed by atoms with Crippen LogP contribution in [0.5, 0.6) is 0 Å². The smallest absolute Gasteiger partial charge is 0 e. The van der Waals surface area contributed by atoms with Crippen molar-refractivity contribution in [3.63, 3.8) is 0 Å². The standard InChI is InChI=1S/6FH.Ne/h6*1H;. The van der Waals surface area contributed by atoms with Gasteiger partial charge >= 0.3 is 0 Å². The number of rotatable bonds is 0. The third-order valence-corrected chi connectivity index (χ3v) is 0. The van der Waals surface area contributed by atoms with Crippen LogP contribution < -0.4 is 0 Å². The van der Waals surface area contributed by atoms with Crippen molar-refractivity contribution >= 4 is 0 Å². The van der Waals surface area contributed by atoms with E-state index in [0.717, 1.165) is 0 Å². The van der Waals surface area contributed by atoms with E-state index in [1.54, 1.807) is 0 Å². The SMILES string of the molecule is F.F.F.F.F.F.[Ne]. The summed E-state index contributed by atoms with van der Waals surface area (Å²) in [5.41, 5.74) is 0. The van der Waals surface area contributed by atoms with Gasteiger partial charge in [0.1, 0.15) is 0 Å². The van der Waals surface area contributed by atoms with Gasteiger partial charge in [0.05, 0.1) is 0 Å². The minimum Gasteiger partial charge on any atom is -0.269 e. The predicted molar refractivity (Wildman–Crippen MR) is 15.0 cm³/mol. The summed E-state index contributed by atoms with van der Waals surface area (Å²) in [6, 6.07) is 0. The fourth-order valence-electron chi connectivity index (χ4n) is 0. The maximum absolute atomic E-state index is 0. The fourth-order valence-corrected chi connectivity index (χ4v) is 0. The predicted octanol–water partition coefficient (Wildman–Crippen LogP) is 0.915. The Hall–Kier alpha value is -0.511. The van der Waals surface area contributed by atoms with Crippen molar-refractivity contribution in [3.05, 3.63) is 0 Å². The van der Waals surface area contributed by atoms with E-state index in [2.05, 4.69) is 0 Å². The van der Waals surface area contributed by atoms with Gasteiger partial charge in [0.25, 0.3) is 0 Å². The summed E-state index contributed by atoms with van der Waals surface area (Å²) in [5.74, 6) is 0. The summed E-state index contributed by atoms with van der Waals surface area (Å²) < 4.78 is 0. The molecule has 0 aromatic carbocycles. The van der Waals surface area contributed by atoms with Crippen molar-refractivity contribution in [1.82, 2.24) is 0 Å². The topological polar surface area (TPSA) is 0 Å². The van der Waals surface area contributed by atoms with Crippen LogP contribution in [0, 0.1) is 6.15 Å². The molecule has 7 heteroatoms. The average molecular weight is 140 g/mol. The van der Waals surface area contributed by atoms with E-state index >= 15 is 0 Å². The molecule has 0 nitrogen and oxygen atoms in total. The zero-order valence-electron chi connectivity index (χ0n) is 2.80. The molecule has 0 saturated carbocycles. The Morgan fingerprint density at radius 1 is 0.286 bits per heavy atom. The molecule has 0 heterocycles. The average Bonchev–Trinajstić information content (AvgIpc) is 0. The second kappa shape index (κ2) is 424. The molecule has 0 radical (unpaired) electrons. The van der Waals surface area contributed by atoms with E-state index in [-0.39, 0.29) is 34.4 Å². The van der Waals surface area contributed by atoms with Gasteiger partial charge in [-0.3, -0.25) is 28.2 Å². The molecular weight excluding hydrogens is 134 g/mol. The number of hydrogen-bond acceptors (Lipinski definition) is 0. The van der Waals surface area contributed by atoms with Crippen molar-refractivity contribution in [2.75, 3.05) is 0 Å². The summed E-state index contributed by atoms with van der Waals surface area (Å²) in [6.07, 6.45) is 0. The van der Waals surface area contributed by atoms with E-state index in [9.17, 15) is 0 Å². The van der Waals surface area contributed by atoms with E-state index < -0.39 is 0 Å². The normalized spacial score (nSPS) is 0. The molecule has 0 unspecified atom stereocenters. The summed E-state index contributed by atoms with van der Waals surface area (Å²) in [4.78, 5) is 0. The van der Waals surface area contributed by atoms with Gasteiger partial charge in [-0.2, -0.15) is 0 Å². The van der Waals surface area contributed by atoms with Gasteiger partial charge in [0.15, 0.2) is 0 Å².